The van der Waals surface area contributed by atoms with E-state index in [1.54, 1.807) is 0 Å². The van der Waals surface area contributed by atoms with Gasteiger partial charge in [0.2, 0.25) is 0 Å². The molecule has 1 aromatic rings. The van der Waals surface area contributed by atoms with Crippen molar-refractivity contribution in [1.82, 2.24) is 10.3 Å². The number of rotatable bonds is 4. The zero-order valence-corrected chi connectivity index (χ0v) is 9.45. The Labute approximate surface area is 92.1 Å². The van der Waals surface area contributed by atoms with Crippen LogP contribution in [0.25, 0.3) is 0 Å². The lowest BCUT2D eigenvalue weighted by molar-refractivity contribution is 0.374. The van der Waals surface area contributed by atoms with E-state index in [1.807, 2.05) is 12.4 Å². The van der Waals surface area contributed by atoms with Crippen molar-refractivity contribution in [2.45, 2.75) is 25.7 Å². The van der Waals surface area contributed by atoms with E-state index >= 15 is 0 Å². The van der Waals surface area contributed by atoms with Crippen LogP contribution in [-0.2, 0) is 6.42 Å². The van der Waals surface area contributed by atoms with Gasteiger partial charge in [0.1, 0.15) is 0 Å². The first kappa shape index (κ1) is 10.6. The van der Waals surface area contributed by atoms with Gasteiger partial charge in [0.15, 0.2) is 0 Å². The third kappa shape index (κ3) is 2.78. The molecule has 2 unspecified atom stereocenters. The summed E-state index contributed by atoms with van der Waals surface area (Å²) in [6, 6.07) is 4.30. The molecule has 0 bridgehead atoms. The molecule has 0 aliphatic heterocycles. The van der Waals surface area contributed by atoms with Crippen LogP contribution in [0.1, 0.15) is 24.8 Å². The monoisotopic (exact) mass is 204 g/mol. The third-order valence-corrected chi connectivity index (χ3v) is 3.53. The molecule has 1 aliphatic rings. The van der Waals surface area contributed by atoms with Gasteiger partial charge in [-0.25, -0.2) is 0 Å². The predicted octanol–water partition coefficient (Wildman–Crippen LogP) is 2.26. The van der Waals surface area contributed by atoms with E-state index in [1.165, 1.54) is 37.8 Å². The lowest BCUT2D eigenvalue weighted by Gasteiger charge is -2.19. The van der Waals surface area contributed by atoms with Crippen molar-refractivity contribution in [2.24, 2.45) is 11.8 Å². The van der Waals surface area contributed by atoms with Crippen molar-refractivity contribution < 1.29 is 0 Å². The third-order valence-electron chi connectivity index (χ3n) is 3.53. The number of hydrogen-bond donors (Lipinski definition) is 1. The van der Waals surface area contributed by atoms with Crippen LogP contribution >= 0.6 is 0 Å². The van der Waals surface area contributed by atoms with Crippen LogP contribution in [-0.4, -0.2) is 18.6 Å². The Morgan fingerprint density at radius 1 is 1.27 bits per heavy atom. The van der Waals surface area contributed by atoms with E-state index in [9.17, 15) is 0 Å². The van der Waals surface area contributed by atoms with E-state index in [-0.39, 0.29) is 0 Å². The number of nitrogens with zero attached hydrogens (tertiary/aromatic N) is 1. The van der Waals surface area contributed by atoms with Gasteiger partial charge in [-0.3, -0.25) is 4.98 Å². The second-order valence-electron chi connectivity index (χ2n) is 4.57. The van der Waals surface area contributed by atoms with E-state index in [4.69, 9.17) is 0 Å². The molecule has 82 valence electrons. The maximum absolute atomic E-state index is 4.06. The van der Waals surface area contributed by atoms with Crippen LogP contribution in [0.2, 0.25) is 0 Å². The molecular weight excluding hydrogens is 184 g/mol. The van der Waals surface area contributed by atoms with Crippen molar-refractivity contribution >= 4 is 0 Å². The average Bonchev–Trinajstić information content (AvgIpc) is 2.68. The quantitative estimate of drug-likeness (QED) is 0.813. The molecule has 15 heavy (non-hydrogen) atoms. The summed E-state index contributed by atoms with van der Waals surface area (Å²) in [6.07, 6.45) is 9.23. The Kier molecular flexibility index (Phi) is 3.73. The molecule has 2 nitrogen and oxygen atoms in total. The molecule has 1 N–H and O–H groups in total. The highest BCUT2D eigenvalue weighted by Gasteiger charge is 2.26. The Bertz CT molecular complexity index is 284. The first-order chi connectivity index (χ1) is 7.40. The second kappa shape index (κ2) is 5.26. The van der Waals surface area contributed by atoms with Gasteiger partial charge in [-0.15, -0.1) is 0 Å². The number of hydrogen-bond acceptors (Lipinski definition) is 2. The van der Waals surface area contributed by atoms with E-state index < -0.39 is 0 Å². The lowest BCUT2D eigenvalue weighted by atomic mass is 9.90. The Hall–Kier alpha value is -0.890. The van der Waals surface area contributed by atoms with Crippen molar-refractivity contribution in [3.8, 4) is 0 Å². The molecular formula is C13H20N2. The van der Waals surface area contributed by atoms with Gasteiger partial charge in [0.25, 0.3) is 0 Å². The summed E-state index contributed by atoms with van der Waals surface area (Å²) in [7, 11) is 2.06. The highest BCUT2D eigenvalue weighted by atomic mass is 14.8. The van der Waals surface area contributed by atoms with Gasteiger partial charge in [-0.1, -0.05) is 6.42 Å². The van der Waals surface area contributed by atoms with E-state index in [0.29, 0.717) is 0 Å². The van der Waals surface area contributed by atoms with Crippen molar-refractivity contribution in [1.29, 1.82) is 0 Å². The fourth-order valence-electron chi connectivity index (χ4n) is 2.73. The molecule has 1 aliphatic carbocycles. The molecule has 1 aromatic heterocycles. The van der Waals surface area contributed by atoms with Gasteiger partial charge in [-0.2, -0.15) is 0 Å². The zero-order valence-electron chi connectivity index (χ0n) is 9.45. The summed E-state index contributed by atoms with van der Waals surface area (Å²) in [6.45, 7) is 1.18. The molecule has 0 radical (unpaired) electrons. The fraction of sp³-hybridized carbons (Fsp3) is 0.615. The number of nitrogens with one attached hydrogen (secondary N) is 1. The van der Waals surface area contributed by atoms with Crippen LogP contribution in [0.15, 0.2) is 24.5 Å². The first-order valence-corrected chi connectivity index (χ1v) is 5.93. The summed E-state index contributed by atoms with van der Waals surface area (Å²) < 4.78 is 0. The molecule has 1 heterocycles. The molecule has 0 saturated heterocycles. The summed E-state index contributed by atoms with van der Waals surface area (Å²) in [5, 5.41) is 3.31. The van der Waals surface area contributed by atoms with Gasteiger partial charge in [0, 0.05) is 12.4 Å². The Balaban J connectivity index is 1.93. The summed E-state index contributed by atoms with van der Waals surface area (Å²) >= 11 is 0. The van der Waals surface area contributed by atoms with Crippen molar-refractivity contribution in [2.75, 3.05) is 13.6 Å². The maximum Gasteiger partial charge on any atom is 0.0270 e. The summed E-state index contributed by atoms with van der Waals surface area (Å²) in [5.74, 6) is 1.75. The van der Waals surface area contributed by atoms with Crippen LogP contribution in [0.3, 0.4) is 0 Å². The van der Waals surface area contributed by atoms with E-state index in [0.717, 1.165) is 11.8 Å². The van der Waals surface area contributed by atoms with Crippen LogP contribution < -0.4 is 5.32 Å². The zero-order chi connectivity index (χ0) is 10.5. The van der Waals surface area contributed by atoms with Gasteiger partial charge in [-0.05, 0) is 62.4 Å². The Morgan fingerprint density at radius 2 is 2.00 bits per heavy atom. The SMILES string of the molecule is CNCC1CCCC1Cc1ccncc1. The van der Waals surface area contributed by atoms with Crippen molar-refractivity contribution in [3.05, 3.63) is 30.1 Å². The molecule has 1 fully saturated rings. The minimum Gasteiger partial charge on any atom is -0.319 e. The second-order valence-corrected chi connectivity index (χ2v) is 4.57. The highest BCUT2D eigenvalue weighted by Crippen LogP contribution is 2.33. The number of aromatic nitrogens is 1. The minimum atomic E-state index is 0.875. The molecule has 1 saturated carbocycles. The lowest BCUT2D eigenvalue weighted by Crippen LogP contribution is -2.23. The molecule has 0 aromatic carbocycles. The molecule has 2 heteroatoms. The minimum absolute atomic E-state index is 0.875. The maximum atomic E-state index is 4.06. The first-order valence-electron chi connectivity index (χ1n) is 5.93. The molecule has 0 spiro atoms. The molecule has 2 atom stereocenters. The summed E-state index contributed by atoms with van der Waals surface area (Å²) in [5.41, 5.74) is 1.44. The largest absolute Gasteiger partial charge is 0.319 e. The highest BCUT2D eigenvalue weighted by molar-refractivity contribution is 5.11. The van der Waals surface area contributed by atoms with Crippen LogP contribution in [0, 0.1) is 11.8 Å². The normalized spacial score (nSPS) is 25.7. The standard InChI is InChI=1S/C13H20N2/c1-14-10-13-4-2-3-12(13)9-11-5-7-15-8-6-11/h5-8,12-14H,2-4,9-10H2,1H3. The van der Waals surface area contributed by atoms with Gasteiger partial charge >= 0.3 is 0 Å². The van der Waals surface area contributed by atoms with Crippen LogP contribution in [0.5, 0.6) is 0 Å². The Morgan fingerprint density at radius 3 is 2.73 bits per heavy atom. The molecule has 0 amide bonds. The average molecular weight is 204 g/mol. The van der Waals surface area contributed by atoms with Crippen molar-refractivity contribution in [3.63, 3.8) is 0 Å². The smallest absolute Gasteiger partial charge is 0.0270 e. The summed E-state index contributed by atoms with van der Waals surface area (Å²) in [4.78, 5) is 4.06. The fourth-order valence-corrected chi connectivity index (χ4v) is 2.73. The molecule has 2 rings (SSSR count). The number of pyridine rings is 1. The van der Waals surface area contributed by atoms with E-state index in [2.05, 4.69) is 29.5 Å². The van der Waals surface area contributed by atoms with Gasteiger partial charge < -0.3 is 5.32 Å². The topological polar surface area (TPSA) is 24.9 Å². The predicted molar refractivity (Wildman–Crippen MR) is 62.7 cm³/mol. The van der Waals surface area contributed by atoms with Crippen LogP contribution in [0.4, 0.5) is 0 Å². The van der Waals surface area contributed by atoms with Gasteiger partial charge in [0.05, 0.1) is 0 Å².